The topological polar surface area (TPSA) is 35.5 Å². The van der Waals surface area contributed by atoms with Crippen molar-refractivity contribution in [2.24, 2.45) is 0 Å². The lowest BCUT2D eigenvalue weighted by atomic mass is 10.1. The molecular formula is C12H10O3. The number of Topliss-reactive ketones (excluding diaryl/α,β-unsaturated/α-hetero) is 1. The van der Waals surface area contributed by atoms with Gasteiger partial charge in [-0.05, 0) is 12.1 Å². The number of ether oxygens (including phenoxy) is 2. The third kappa shape index (κ3) is 1.23. The molecular weight excluding hydrogens is 192 g/mol. The van der Waals surface area contributed by atoms with Crippen molar-refractivity contribution in [2.75, 3.05) is 13.2 Å². The number of hydrogen-bond acceptors (Lipinski definition) is 3. The maximum Gasteiger partial charge on any atom is 0.200 e. The Hall–Kier alpha value is -1.77. The molecule has 0 saturated heterocycles. The molecule has 0 radical (unpaired) electrons. The average molecular weight is 202 g/mol. The zero-order chi connectivity index (χ0) is 10.3. The van der Waals surface area contributed by atoms with Gasteiger partial charge in [-0.1, -0.05) is 12.1 Å². The molecule has 0 aliphatic carbocycles. The van der Waals surface area contributed by atoms with E-state index in [-0.39, 0.29) is 12.4 Å². The lowest BCUT2D eigenvalue weighted by molar-refractivity contribution is -0.117. The number of para-hydroxylation sites is 1. The van der Waals surface area contributed by atoms with Gasteiger partial charge in [-0.25, -0.2) is 0 Å². The van der Waals surface area contributed by atoms with Gasteiger partial charge in [0.2, 0.25) is 0 Å². The molecule has 0 spiro atoms. The van der Waals surface area contributed by atoms with Crippen molar-refractivity contribution in [1.29, 1.82) is 0 Å². The summed E-state index contributed by atoms with van der Waals surface area (Å²) in [7, 11) is 0. The molecule has 2 aliphatic rings. The minimum atomic E-state index is 0.0405. The molecule has 0 N–H and O–H groups in total. The first kappa shape index (κ1) is 8.53. The van der Waals surface area contributed by atoms with Crippen molar-refractivity contribution in [1.82, 2.24) is 0 Å². The second-order valence-electron chi connectivity index (χ2n) is 3.61. The first-order chi connectivity index (χ1) is 7.36. The SMILES string of the molecule is O=C1COc2ccccc2C2=C1CCO2. The summed E-state index contributed by atoms with van der Waals surface area (Å²) < 4.78 is 10.9. The first-order valence-corrected chi connectivity index (χ1v) is 4.97. The van der Waals surface area contributed by atoms with Gasteiger partial charge in [0, 0.05) is 12.0 Å². The lowest BCUT2D eigenvalue weighted by Gasteiger charge is -2.08. The summed E-state index contributed by atoms with van der Waals surface area (Å²) in [4.78, 5) is 11.7. The Morgan fingerprint density at radius 1 is 1.13 bits per heavy atom. The van der Waals surface area contributed by atoms with Crippen LogP contribution in [0.15, 0.2) is 29.8 Å². The van der Waals surface area contributed by atoms with Crippen molar-refractivity contribution >= 4 is 11.5 Å². The Morgan fingerprint density at radius 2 is 2.00 bits per heavy atom. The van der Waals surface area contributed by atoms with Crippen LogP contribution < -0.4 is 4.74 Å². The number of hydrogen-bond donors (Lipinski definition) is 0. The predicted molar refractivity (Wildman–Crippen MR) is 54.4 cm³/mol. The van der Waals surface area contributed by atoms with Gasteiger partial charge < -0.3 is 9.47 Å². The van der Waals surface area contributed by atoms with Gasteiger partial charge in [-0.15, -0.1) is 0 Å². The molecule has 0 amide bonds. The van der Waals surface area contributed by atoms with Gasteiger partial charge in [0.25, 0.3) is 0 Å². The minimum absolute atomic E-state index is 0.0405. The van der Waals surface area contributed by atoms with Crippen LogP contribution in [0, 0.1) is 0 Å². The van der Waals surface area contributed by atoms with Crippen molar-refractivity contribution in [3.63, 3.8) is 0 Å². The second-order valence-corrected chi connectivity index (χ2v) is 3.61. The molecule has 1 aromatic carbocycles. The Kier molecular flexibility index (Phi) is 1.78. The highest BCUT2D eigenvalue weighted by Gasteiger charge is 2.28. The van der Waals surface area contributed by atoms with E-state index < -0.39 is 0 Å². The van der Waals surface area contributed by atoms with Crippen LogP contribution in [0.3, 0.4) is 0 Å². The molecule has 76 valence electrons. The average Bonchev–Trinajstić information content (AvgIpc) is 2.71. The van der Waals surface area contributed by atoms with E-state index in [1.165, 1.54) is 0 Å². The number of fused-ring (bicyclic) bond motifs is 2. The van der Waals surface area contributed by atoms with E-state index in [0.717, 1.165) is 16.9 Å². The number of rotatable bonds is 0. The van der Waals surface area contributed by atoms with Crippen LogP contribution in [0.2, 0.25) is 0 Å². The van der Waals surface area contributed by atoms with Crippen LogP contribution >= 0.6 is 0 Å². The van der Waals surface area contributed by atoms with Crippen molar-refractivity contribution in [3.05, 3.63) is 35.4 Å². The predicted octanol–water partition coefficient (Wildman–Crippen LogP) is 1.78. The summed E-state index contributed by atoms with van der Waals surface area (Å²) in [6, 6.07) is 7.60. The zero-order valence-corrected chi connectivity index (χ0v) is 8.16. The second kappa shape index (κ2) is 3.12. The fourth-order valence-electron chi connectivity index (χ4n) is 1.97. The molecule has 2 heterocycles. The largest absolute Gasteiger partial charge is 0.492 e. The van der Waals surface area contributed by atoms with Crippen LogP contribution in [-0.2, 0) is 9.53 Å². The van der Waals surface area contributed by atoms with E-state index in [2.05, 4.69) is 0 Å². The monoisotopic (exact) mass is 202 g/mol. The van der Waals surface area contributed by atoms with E-state index in [1.54, 1.807) is 0 Å². The van der Waals surface area contributed by atoms with Crippen molar-refractivity contribution in [3.8, 4) is 5.75 Å². The summed E-state index contributed by atoms with van der Waals surface area (Å²) in [5.41, 5.74) is 1.68. The maximum absolute atomic E-state index is 11.7. The molecule has 15 heavy (non-hydrogen) atoms. The third-order valence-corrected chi connectivity index (χ3v) is 2.70. The highest BCUT2D eigenvalue weighted by atomic mass is 16.5. The fourth-order valence-corrected chi connectivity index (χ4v) is 1.97. The zero-order valence-electron chi connectivity index (χ0n) is 8.16. The number of carbonyl (C=O) groups is 1. The Labute approximate surface area is 87.3 Å². The smallest absolute Gasteiger partial charge is 0.200 e. The third-order valence-electron chi connectivity index (χ3n) is 2.70. The first-order valence-electron chi connectivity index (χ1n) is 4.97. The lowest BCUT2D eigenvalue weighted by Crippen LogP contribution is -2.11. The minimum Gasteiger partial charge on any atom is -0.492 e. The van der Waals surface area contributed by atoms with E-state index >= 15 is 0 Å². The molecule has 3 rings (SSSR count). The van der Waals surface area contributed by atoms with Gasteiger partial charge in [0.15, 0.2) is 12.4 Å². The number of benzene rings is 1. The van der Waals surface area contributed by atoms with E-state index in [4.69, 9.17) is 9.47 Å². The highest BCUT2D eigenvalue weighted by molar-refractivity contribution is 6.04. The maximum atomic E-state index is 11.7. The van der Waals surface area contributed by atoms with Gasteiger partial charge in [0.05, 0.1) is 12.2 Å². The van der Waals surface area contributed by atoms with Crippen LogP contribution in [0.5, 0.6) is 5.75 Å². The molecule has 0 bridgehead atoms. The van der Waals surface area contributed by atoms with Crippen molar-refractivity contribution in [2.45, 2.75) is 6.42 Å². The molecule has 2 aliphatic heterocycles. The van der Waals surface area contributed by atoms with Crippen LogP contribution in [-0.4, -0.2) is 19.0 Å². The summed E-state index contributed by atoms with van der Waals surface area (Å²) in [5.74, 6) is 1.49. The van der Waals surface area contributed by atoms with E-state index in [1.807, 2.05) is 24.3 Å². The Balaban J connectivity index is 2.21. The Morgan fingerprint density at radius 3 is 2.93 bits per heavy atom. The molecule has 3 nitrogen and oxygen atoms in total. The number of ketones is 1. The molecule has 1 aromatic rings. The molecule has 0 atom stereocenters. The molecule has 0 aromatic heterocycles. The Bertz CT molecular complexity index is 460. The van der Waals surface area contributed by atoms with Crippen LogP contribution in [0.4, 0.5) is 0 Å². The normalized spacial score (nSPS) is 18.8. The van der Waals surface area contributed by atoms with Gasteiger partial charge in [0.1, 0.15) is 11.5 Å². The van der Waals surface area contributed by atoms with Gasteiger partial charge in [-0.2, -0.15) is 0 Å². The van der Waals surface area contributed by atoms with E-state index in [0.29, 0.717) is 18.8 Å². The molecule has 0 unspecified atom stereocenters. The van der Waals surface area contributed by atoms with Crippen LogP contribution in [0.25, 0.3) is 5.76 Å². The quantitative estimate of drug-likeness (QED) is 0.643. The van der Waals surface area contributed by atoms with Crippen molar-refractivity contribution < 1.29 is 14.3 Å². The summed E-state index contributed by atoms with van der Waals surface area (Å²) in [6.45, 7) is 0.726. The number of carbonyl (C=O) groups excluding carboxylic acids is 1. The molecule has 3 heteroatoms. The fraction of sp³-hybridized carbons (Fsp3) is 0.250. The van der Waals surface area contributed by atoms with Gasteiger partial charge in [-0.3, -0.25) is 4.79 Å². The van der Waals surface area contributed by atoms with E-state index in [9.17, 15) is 4.79 Å². The summed E-state index contributed by atoms with van der Waals surface area (Å²) >= 11 is 0. The molecule has 0 saturated carbocycles. The molecule has 0 fully saturated rings. The van der Waals surface area contributed by atoms with Gasteiger partial charge >= 0.3 is 0 Å². The summed E-state index contributed by atoms with van der Waals surface area (Å²) in [5, 5.41) is 0. The summed E-state index contributed by atoms with van der Waals surface area (Å²) in [6.07, 6.45) is 0.700. The van der Waals surface area contributed by atoms with Crippen LogP contribution in [0.1, 0.15) is 12.0 Å². The standard InChI is InChI=1S/C12H10O3/c13-10-7-15-11-4-2-1-3-9(11)12-8(10)5-6-14-12/h1-4H,5-7H2. The highest BCUT2D eigenvalue weighted by Crippen LogP contribution is 2.36.